The molecule has 1 heterocycles. The fourth-order valence-corrected chi connectivity index (χ4v) is 2.58. The van der Waals surface area contributed by atoms with Gasteiger partial charge in [0, 0.05) is 51.3 Å². The molecule has 130 valence electrons. The van der Waals surface area contributed by atoms with Crippen molar-refractivity contribution in [3.63, 3.8) is 0 Å². The van der Waals surface area contributed by atoms with Crippen molar-refractivity contribution < 1.29 is 13.6 Å². The Morgan fingerprint density at radius 3 is 2.43 bits per heavy atom. The first-order valence-corrected chi connectivity index (χ1v) is 7.75. The van der Waals surface area contributed by atoms with E-state index in [-0.39, 0.29) is 30.4 Å². The molecule has 0 saturated carbocycles. The number of halogens is 3. The van der Waals surface area contributed by atoms with Crippen molar-refractivity contribution in [3.8, 4) is 0 Å². The van der Waals surface area contributed by atoms with Crippen LogP contribution in [0.3, 0.4) is 0 Å². The predicted octanol–water partition coefficient (Wildman–Crippen LogP) is 2.03. The lowest BCUT2D eigenvalue weighted by Crippen LogP contribution is -2.47. The van der Waals surface area contributed by atoms with Gasteiger partial charge in [0.15, 0.2) is 0 Å². The smallest absolute Gasteiger partial charge is 0.223 e. The quantitative estimate of drug-likeness (QED) is 0.855. The van der Waals surface area contributed by atoms with Crippen LogP contribution in [0.1, 0.15) is 18.9 Å². The van der Waals surface area contributed by atoms with E-state index < -0.39 is 11.6 Å². The molecule has 1 aromatic rings. The second-order valence-electron chi connectivity index (χ2n) is 5.45. The summed E-state index contributed by atoms with van der Waals surface area (Å²) < 4.78 is 27.4. The standard InChI is InChI=1S/C16H23F2N3O.ClH/c1-2-20(12-13-14(17)4-3-5-15(13)18)9-6-16(22)21-10-7-19-8-11-21;/h3-5,19H,2,6-12H2,1H3;1H. The highest BCUT2D eigenvalue weighted by Gasteiger charge is 2.18. The first kappa shape index (κ1) is 19.8. The van der Waals surface area contributed by atoms with Crippen LogP contribution < -0.4 is 5.32 Å². The van der Waals surface area contributed by atoms with E-state index in [1.807, 2.05) is 16.7 Å². The second kappa shape index (κ2) is 9.80. The van der Waals surface area contributed by atoms with E-state index in [0.29, 0.717) is 19.5 Å². The van der Waals surface area contributed by atoms with Crippen molar-refractivity contribution in [2.75, 3.05) is 39.3 Å². The molecule has 1 N–H and O–H groups in total. The van der Waals surface area contributed by atoms with Crippen LogP contribution in [0.15, 0.2) is 18.2 Å². The Labute approximate surface area is 142 Å². The molecular formula is C16H24ClF2N3O. The van der Waals surface area contributed by atoms with Gasteiger partial charge in [-0.25, -0.2) is 8.78 Å². The first-order valence-electron chi connectivity index (χ1n) is 7.75. The number of amides is 1. The van der Waals surface area contributed by atoms with Gasteiger partial charge >= 0.3 is 0 Å². The molecule has 0 atom stereocenters. The van der Waals surface area contributed by atoms with Crippen molar-refractivity contribution >= 4 is 18.3 Å². The van der Waals surface area contributed by atoms with E-state index in [4.69, 9.17) is 0 Å². The van der Waals surface area contributed by atoms with E-state index in [1.54, 1.807) is 0 Å². The summed E-state index contributed by atoms with van der Waals surface area (Å²) in [4.78, 5) is 15.9. The molecule has 0 aliphatic carbocycles. The van der Waals surface area contributed by atoms with Gasteiger partial charge in [-0.1, -0.05) is 13.0 Å². The average molecular weight is 348 g/mol. The SMILES string of the molecule is CCN(CCC(=O)N1CCNCC1)Cc1c(F)cccc1F.Cl. The molecule has 0 spiro atoms. The van der Waals surface area contributed by atoms with E-state index in [2.05, 4.69) is 5.32 Å². The average Bonchev–Trinajstić information content (AvgIpc) is 2.54. The van der Waals surface area contributed by atoms with Crippen LogP contribution in [-0.2, 0) is 11.3 Å². The van der Waals surface area contributed by atoms with Crippen molar-refractivity contribution in [1.29, 1.82) is 0 Å². The van der Waals surface area contributed by atoms with Crippen LogP contribution in [-0.4, -0.2) is 55.0 Å². The van der Waals surface area contributed by atoms with Gasteiger partial charge in [-0.3, -0.25) is 9.69 Å². The molecule has 0 bridgehead atoms. The predicted molar refractivity (Wildman–Crippen MR) is 88.6 cm³/mol. The maximum Gasteiger partial charge on any atom is 0.223 e. The molecule has 0 radical (unpaired) electrons. The van der Waals surface area contributed by atoms with Gasteiger partial charge in [-0.15, -0.1) is 12.4 Å². The number of rotatable bonds is 6. The largest absolute Gasteiger partial charge is 0.340 e. The molecule has 1 aliphatic rings. The van der Waals surface area contributed by atoms with Gasteiger partial charge in [0.1, 0.15) is 11.6 Å². The van der Waals surface area contributed by atoms with Crippen LogP contribution in [0.2, 0.25) is 0 Å². The van der Waals surface area contributed by atoms with Gasteiger partial charge in [0.2, 0.25) is 5.91 Å². The Kier molecular flexibility index (Phi) is 8.44. The number of carbonyl (C=O) groups is 1. The Hall–Kier alpha value is -1.24. The lowest BCUT2D eigenvalue weighted by atomic mass is 10.1. The van der Waals surface area contributed by atoms with Gasteiger partial charge < -0.3 is 10.2 Å². The summed E-state index contributed by atoms with van der Waals surface area (Å²) in [5.74, 6) is -0.965. The zero-order valence-corrected chi connectivity index (χ0v) is 14.2. The zero-order valence-electron chi connectivity index (χ0n) is 13.4. The van der Waals surface area contributed by atoms with Crippen LogP contribution in [0.25, 0.3) is 0 Å². The summed E-state index contributed by atoms with van der Waals surface area (Å²) in [6.45, 7) is 6.36. The summed E-state index contributed by atoms with van der Waals surface area (Å²) in [7, 11) is 0. The van der Waals surface area contributed by atoms with Crippen LogP contribution in [0.4, 0.5) is 8.78 Å². The third-order valence-electron chi connectivity index (χ3n) is 4.00. The molecule has 1 fully saturated rings. The van der Waals surface area contributed by atoms with Crippen LogP contribution in [0, 0.1) is 11.6 Å². The highest BCUT2D eigenvalue weighted by atomic mass is 35.5. The summed E-state index contributed by atoms with van der Waals surface area (Å²) in [6, 6.07) is 3.88. The monoisotopic (exact) mass is 347 g/mol. The molecular weight excluding hydrogens is 324 g/mol. The Balaban J connectivity index is 0.00000264. The van der Waals surface area contributed by atoms with E-state index >= 15 is 0 Å². The van der Waals surface area contributed by atoms with Gasteiger partial charge in [0.05, 0.1) is 0 Å². The summed E-state index contributed by atoms with van der Waals surface area (Å²) >= 11 is 0. The number of nitrogens with one attached hydrogen (secondary N) is 1. The summed E-state index contributed by atoms with van der Waals surface area (Å²) in [5.41, 5.74) is 0.0685. The third kappa shape index (κ3) is 5.71. The Morgan fingerprint density at radius 2 is 1.87 bits per heavy atom. The van der Waals surface area contributed by atoms with Crippen LogP contribution in [0.5, 0.6) is 0 Å². The van der Waals surface area contributed by atoms with Crippen molar-refractivity contribution in [1.82, 2.24) is 15.1 Å². The van der Waals surface area contributed by atoms with Crippen molar-refractivity contribution in [3.05, 3.63) is 35.4 Å². The minimum atomic E-state index is -0.535. The number of piperazine rings is 1. The fourth-order valence-electron chi connectivity index (χ4n) is 2.58. The minimum absolute atomic E-state index is 0. The van der Waals surface area contributed by atoms with Crippen molar-refractivity contribution in [2.24, 2.45) is 0 Å². The lowest BCUT2D eigenvalue weighted by Gasteiger charge is -2.28. The molecule has 23 heavy (non-hydrogen) atoms. The minimum Gasteiger partial charge on any atom is -0.340 e. The topological polar surface area (TPSA) is 35.6 Å². The third-order valence-corrected chi connectivity index (χ3v) is 4.00. The zero-order chi connectivity index (χ0) is 15.9. The normalized spacial score (nSPS) is 14.7. The fraction of sp³-hybridized carbons (Fsp3) is 0.562. The van der Waals surface area contributed by atoms with E-state index in [1.165, 1.54) is 18.2 Å². The Bertz CT molecular complexity index is 490. The molecule has 7 heteroatoms. The molecule has 4 nitrogen and oxygen atoms in total. The maximum atomic E-state index is 13.7. The molecule has 0 aromatic heterocycles. The first-order chi connectivity index (χ1) is 10.6. The van der Waals surface area contributed by atoms with Gasteiger partial charge in [-0.05, 0) is 18.7 Å². The number of nitrogens with zero attached hydrogens (tertiary/aromatic N) is 2. The van der Waals surface area contributed by atoms with Gasteiger partial charge in [0.25, 0.3) is 0 Å². The molecule has 1 aliphatic heterocycles. The van der Waals surface area contributed by atoms with Crippen LogP contribution >= 0.6 is 12.4 Å². The number of hydrogen-bond donors (Lipinski definition) is 1. The summed E-state index contributed by atoms with van der Waals surface area (Å²) in [5, 5.41) is 3.20. The molecule has 1 amide bonds. The van der Waals surface area contributed by atoms with E-state index in [9.17, 15) is 13.6 Å². The van der Waals surface area contributed by atoms with Gasteiger partial charge in [-0.2, -0.15) is 0 Å². The molecule has 1 aromatic carbocycles. The highest BCUT2D eigenvalue weighted by molar-refractivity contribution is 5.85. The summed E-state index contributed by atoms with van der Waals surface area (Å²) in [6.07, 6.45) is 0.379. The highest BCUT2D eigenvalue weighted by Crippen LogP contribution is 2.15. The molecule has 1 saturated heterocycles. The molecule has 2 rings (SSSR count). The van der Waals surface area contributed by atoms with Crippen molar-refractivity contribution in [2.45, 2.75) is 19.9 Å². The maximum absolute atomic E-state index is 13.7. The second-order valence-corrected chi connectivity index (χ2v) is 5.45. The number of carbonyl (C=O) groups excluding carboxylic acids is 1. The van der Waals surface area contributed by atoms with E-state index in [0.717, 1.165) is 26.2 Å². The molecule has 0 unspecified atom stereocenters. The Morgan fingerprint density at radius 1 is 1.26 bits per heavy atom. The number of hydrogen-bond acceptors (Lipinski definition) is 3. The number of benzene rings is 1. The lowest BCUT2D eigenvalue weighted by molar-refractivity contribution is -0.132.